The third-order valence-electron chi connectivity index (χ3n) is 2.70. The predicted molar refractivity (Wildman–Crippen MR) is 69.1 cm³/mol. The van der Waals surface area contributed by atoms with E-state index in [2.05, 4.69) is 0 Å². The molecular weight excluding hydrogens is 230 g/mol. The Labute approximate surface area is 107 Å². The molecule has 4 heteroatoms. The summed E-state index contributed by atoms with van der Waals surface area (Å²) >= 11 is 0. The highest BCUT2D eigenvalue weighted by molar-refractivity contribution is 5.71. The average molecular weight is 249 g/mol. The van der Waals surface area contributed by atoms with Crippen LogP contribution in [0.5, 0.6) is 0 Å². The van der Waals surface area contributed by atoms with E-state index in [-0.39, 0.29) is 6.09 Å². The molecule has 0 atom stereocenters. The lowest BCUT2D eigenvalue weighted by Gasteiger charge is -2.29. The van der Waals surface area contributed by atoms with Crippen LogP contribution in [-0.4, -0.2) is 29.7 Å². The summed E-state index contributed by atoms with van der Waals surface area (Å²) in [5.74, 6) is 0.888. The molecule has 0 spiro atoms. The van der Waals surface area contributed by atoms with Crippen molar-refractivity contribution in [3.05, 3.63) is 30.2 Å². The second-order valence-electron chi connectivity index (χ2n) is 5.38. The molecule has 2 heterocycles. The minimum absolute atomic E-state index is 0.253. The summed E-state index contributed by atoms with van der Waals surface area (Å²) in [5.41, 5.74) is 0.710. The fraction of sp³-hybridized carbons (Fsp3) is 0.500. The molecule has 0 radical (unpaired) electrons. The number of furan rings is 1. The fourth-order valence-corrected chi connectivity index (χ4v) is 1.85. The molecule has 1 aliphatic heterocycles. The first-order valence-corrected chi connectivity index (χ1v) is 6.16. The van der Waals surface area contributed by atoms with E-state index in [0.29, 0.717) is 13.1 Å². The molecule has 18 heavy (non-hydrogen) atoms. The Balaban J connectivity index is 1.96. The van der Waals surface area contributed by atoms with Gasteiger partial charge in [0.2, 0.25) is 0 Å². The van der Waals surface area contributed by atoms with E-state index in [1.54, 1.807) is 11.2 Å². The largest absolute Gasteiger partial charge is 0.465 e. The van der Waals surface area contributed by atoms with Gasteiger partial charge in [0.15, 0.2) is 0 Å². The van der Waals surface area contributed by atoms with E-state index >= 15 is 0 Å². The number of carbonyl (C=O) groups is 1. The molecule has 98 valence electrons. The molecule has 0 fully saturated rings. The van der Waals surface area contributed by atoms with Gasteiger partial charge in [0.1, 0.15) is 11.4 Å². The third kappa shape index (κ3) is 3.15. The van der Waals surface area contributed by atoms with Gasteiger partial charge >= 0.3 is 6.09 Å². The van der Waals surface area contributed by atoms with Gasteiger partial charge in [-0.2, -0.15) is 0 Å². The van der Waals surface area contributed by atoms with E-state index in [9.17, 15) is 4.79 Å². The average Bonchev–Trinajstić information content (AvgIpc) is 2.80. The minimum atomic E-state index is -0.442. The lowest BCUT2D eigenvalue weighted by Crippen LogP contribution is -2.39. The number of carbonyl (C=O) groups excluding carboxylic acids is 1. The maximum atomic E-state index is 11.9. The van der Waals surface area contributed by atoms with Crippen LogP contribution in [0.1, 0.15) is 33.0 Å². The predicted octanol–water partition coefficient (Wildman–Crippen LogP) is 3.30. The number of amides is 1. The maximum Gasteiger partial charge on any atom is 0.410 e. The quantitative estimate of drug-likeness (QED) is 0.767. The first-order valence-electron chi connectivity index (χ1n) is 6.16. The van der Waals surface area contributed by atoms with Crippen molar-refractivity contribution in [1.82, 2.24) is 4.90 Å². The van der Waals surface area contributed by atoms with Crippen LogP contribution in [0.3, 0.4) is 0 Å². The SMILES string of the molecule is CC(C)(C)OC(=O)N1CC=C(c2ccco2)CC1. The topological polar surface area (TPSA) is 42.7 Å². The summed E-state index contributed by atoms with van der Waals surface area (Å²) in [6.45, 7) is 6.86. The van der Waals surface area contributed by atoms with Gasteiger partial charge < -0.3 is 14.1 Å². The Morgan fingerprint density at radius 3 is 2.72 bits per heavy atom. The van der Waals surface area contributed by atoms with Crippen molar-refractivity contribution in [3.63, 3.8) is 0 Å². The minimum Gasteiger partial charge on any atom is -0.465 e. The summed E-state index contributed by atoms with van der Waals surface area (Å²) in [7, 11) is 0. The standard InChI is InChI=1S/C14H19NO3/c1-14(2,3)18-13(16)15-8-6-11(7-9-15)12-5-4-10-17-12/h4-6,10H,7-9H2,1-3H3. The zero-order valence-electron chi connectivity index (χ0n) is 11.1. The van der Waals surface area contributed by atoms with E-state index in [4.69, 9.17) is 9.15 Å². The number of nitrogens with zero attached hydrogens (tertiary/aromatic N) is 1. The first kappa shape index (κ1) is 12.7. The molecule has 0 N–H and O–H groups in total. The molecule has 1 aromatic heterocycles. The van der Waals surface area contributed by atoms with Gasteiger partial charge in [-0.15, -0.1) is 0 Å². The van der Waals surface area contributed by atoms with E-state index in [1.807, 2.05) is 39.0 Å². The first-order chi connectivity index (χ1) is 8.46. The molecule has 1 aliphatic rings. The van der Waals surface area contributed by atoms with E-state index < -0.39 is 5.60 Å². The number of hydrogen-bond donors (Lipinski definition) is 0. The lowest BCUT2D eigenvalue weighted by molar-refractivity contribution is 0.0270. The van der Waals surface area contributed by atoms with Gasteiger partial charge in [-0.05, 0) is 44.9 Å². The van der Waals surface area contributed by atoms with Gasteiger partial charge in [0, 0.05) is 13.1 Å². The highest BCUT2D eigenvalue weighted by Gasteiger charge is 2.24. The van der Waals surface area contributed by atoms with Crippen molar-refractivity contribution >= 4 is 11.7 Å². The van der Waals surface area contributed by atoms with Crippen molar-refractivity contribution < 1.29 is 13.9 Å². The number of hydrogen-bond acceptors (Lipinski definition) is 3. The van der Waals surface area contributed by atoms with Gasteiger partial charge in [0.25, 0.3) is 0 Å². The second kappa shape index (κ2) is 4.88. The number of ether oxygens (including phenoxy) is 1. The fourth-order valence-electron chi connectivity index (χ4n) is 1.85. The van der Waals surface area contributed by atoms with E-state index in [0.717, 1.165) is 17.8 Å². The van der Waals surface area contributed by atoms with Crippen molar-refractivity contribution in [3.8, 4) is 0 Å². The summed E-state index contributed by atoms with van der Waals surface area (Å²) in [6.07, 6.45) is 4.23. The molecular formula is C14H19NO3. The maximum absolute atomic E-state index is 11.9. The highest BCUT2D eigenvalue weighted by Crippen LogP contribution is 2.23. The molecule has 0 saturated carbocycles. The molecule has 0 aliphatic carbocycles. The van der Waals surface area contributed by atoms with E-state index in [1.165, 1.54) is 0 Å². The van der Waals surface area contributed by atoms with Crippen LogP contribution < -0.4 is 0 Å². The van der Waals surface area contributed by atoms with Crippen molar-refractivity contribution in [2.45, 2.75) is 32.8 Å². The van der Waals surface area contributed by atoms with Crippen molar-refractivity contribution in [2.24, 2.45) is 0 Å². The smallest absolute Gasteiger partial charge is 0.410 e. The summed E-state index contributed by atoms with van der Waals surface area (Å²) in [4.78, 5) is 13.6. The number of rotatable bonds is 1. The lowest BCUT2D eigenvalue weighted by atomic mass is 10.1. The Morgan fingerprint density at radius 1 is 1.44 bits per heavy atom. The summed E-state index contributed by atoms with van der Waals surface area (Å²) in [6, 6.07) is 3.81. The Hall–Kier alpha value is -1.71. The van der Waals surface area contributed by atoms with Gasteiger partial charge in [-0.25, -0.2) is 4.79 Å². The van der Waals surface area contributed by atoms with Crippen LogP contribution in [0.4, 0.5) is 4.79 Å². The Kier molecular flexibility index (Phi) is 3.45. The molecule has 0 aromatic carbocycles. The molecule has 4 nitrogen and oxygen atoms in total. The normalized spacial score (nSPS) is 16.4. The van der Waals surface area contributed by atoms with Gasteiger partial charge in [-0.3, -0.25) is 0 Å². The molecule has 0 unspecified atom stereocenters. The van der Waals surface area contributed by atoms with Crippen LogP contribution in [0.15, 0.2) is 28.9 Å². The second-order valence-corrected chi connectivity index (χ2v) is 5.38. The summed E-state index contributed by atoms with van der Waals surface area (Å²) in [5, 5.41) is 0. The Bertz CT molecular complexity index is 440. The zero-order valence-corrected chi connectivity index (χ0v) is 11.1. The monoisotopic (exact) mass is 249 g/mol. The zero-order chi connectivity index (χ0) is 13.2. The van der Waals surface area contributed by atoms with Crippen LogP contribution in [0.2, 0.25) is 0 Å². The molecule has 2 rings (SSSR count). The van der Waals surface area contributed by atoms with Gasteiger partial charge in [-0.1, -0.05) is 6.08 Å². The third-order valence-corrected chi connectivity index (χ3v) is 2.70. The van der Waals surface area contributed by atoms with Crippen LogP contribution in [0.25, 0.3) is 5.57 Å². The molecule has 0 bridgehead atoms. The van der Waals surface area contributed by atoms with Gasteiger partial charge in [0.05, 0.1) is 6.26 Å². The molecule has 0 saturated heterocycles. The van der Waals surface area contributed by atoms with Crippen molar-refractivity contribution in [1.29, 1.82) is 0 Å². The Morgan fingerprint density at radius 2 is 2.22 bits per heavy atom. The van der Waals surface area contributed by atoms with Crippen LogP contribution in [-0.2, 0) is 4.74 Å². The highest BCUT2D eigenvalue weighted by atomic mass is 16.6. The van der Waals surface area contributed by atoms with Crippen LogP contribution in [0, 0.1) is 0 Å². The molecule has 1 amide bonds. The molecule has 1 aromatic rings. The van der Waals surface area contributed by atoms with Crippen molar-refractivity contribution in [2.75, 3.05) is 13.1 Å². The summed E-state index contributed by atoms with van der Waals surface area (Å²) < 4.78 is 10.7. The van der Waals surface area contributed by atoms with Crippen LogP contribution >= 0.6 is 0 Å².